The molecule has 4 heteroatoms. The topological polar surface area (TPSA) is 26.3 Å². The summed E-state index contributed by atoms with van der Waals surface area (Å²) in [4.78, 5) is 10.8. The number of fused-ring (bicyclic) bond motifs is 5. The maximum absolute atomic E-state index is 11.9. The highest BCUT2D eigenvalue weighted by Crippen LogP contribution is 2.67. The Kier molecular flexibility index (Phi) is 7.87. The fourth-order valence-corrected chi connectivity index (χ4v) is 9.07. The van der Waals surface area contributed by atoms with Gasteiger partial charge in [-0.05, 0) is 91.3 Å². The van der Waals surface area contributed by atoms with Crippen molar-refractivity contribution in [1.29, 1.82) is 0 Å². The highest BCUT2D eigenvalue weighted by molar-refractivity contribution is 6.52. The van der Waals surface area contributed by atoms with Crippen LogP contribution in [0.1, 0.15) is 105 Å². The summed E-state index contributed by atoms with van der Waals surface area (Å²) in [5.74, 6) is 4.60. The number of halogens is 2. The molecule has 0 radical (unpaired) electrons. The summed E-state index contributed by atoms with van der Waals surface area (Å²) in [6.07, 6.45) is 16.4. The summed E-state index contributed by atoms with van der Waals surface area (Å²) in [5, 5.41) is 0. The molecule has 0 saturated heterocycles. The van der Waals surface area contributed by atoms with Gasteiger partial charge in [0.25, 0.3) is 0 Å². The minimum absolute atomic E-state index is 0.0650. The van der Waals surface area contributed by atoms with Crippen molar-refractivity contribution in [1.82, 2.24) is 0 Å². The monoisotopic (exact) mass is 496 g/mol. The number of alkyl halides is 2. The van der Waals surface area contributed by atoms with E-state index in [1.165, 1.54) is 56.9 Å². The second kappa shape index (κ2) is 10.0. The molecule has 3 saturated carbocycles. The summed E-state index contributed by atoms with van der Waals surface area (Å²) >= 11 is 11.4. The smallest absolute Gasteiger partial charge is 0.339 e. The average Bonchev–Trinajstić information content (AvgIpc) is 3.11. The molecule has 4 aliphatic carbocycles. The molecule has 0 aromatic carbocycles. The summed E-state index contributed by atoms with van der Waals surface area (Å²) in [6.45, 7) is 12.4. The van der Waals surface area contributed by atoms with Crippen LogP contribution in [0.15, 0.2) is 11.6 Å². The highest BCUT2D eigenvalue weighted by atomic mass is 35.5. The molecule has 0 aliphatic heterocycles. The van der Waals surface area contributed by atoms with Gasteiger partial charge >= 0.3 is 5.97 Å². The van der Waals surface area contributed by atoms with Gasteiger partial charge in [-0.3, -0.25) is 0 Å². The molecule has 3 fully saturated rings. The lowest BCUT2D eigenvalue weighted by molar-refractivity contribution is -0.149. The van der Waals surface area contributed by atoms with Gasteiger partial charge in [0.1, 0.15) is 6.10 Å². The van der Waals surface area contributed by atoms with Crippen LogP contribution in [0.3, 0.4) is 0 Å². The molecule has 4 aliphatic rings. The molecule has 0 spiro atoms. The quantitative estimate of drug-likeness (QED) is 0.200. The zero-order valence-electron chi connectivity index (χ0n) is 21.5. The van der Waals surface area contributed by atoms with E-state index in [1.807, 2.05) is 0 Å². The highest BCUT2D eigenvalue weighted by Gasteiger charge is 2.59. The zero-order chi connectivity index (χ0) is 24.0. The lowest BCUT2D eigenvalue weighted by atomic mass is 9.47. The van der Waals surface area contributed by atoms with Crippen LogP contribution in [-0.4, -0.2) is 16.9 Å². The van der Waals surface area contributed by atoms with Crippen molar-refractivity contribution in [3.63, 3.8) is 0 Å². The van der Waals surface area contributed by atoms with Crippen molar-refractivity contribution in [2.24, 2.45) is 46.3 Å². The van der Waals surface area contributed by atoms with Gasteiger partial charge in [0.15, 0.2) is 0 Å². The van der Waals surface area contributed by atoms with Crippen molar-refractivity contribution in [3.8, 4) is 0 Å². The van der Waals surface area contributed by atoms with Crippen LogP contribution in [0.4, 0.5) is 0 Å². The Morgan fingerprint density at radius 2 is 1.82 bits per heavy atom. The predicted octanol–water partition coefficient (Wildman–Crippen LogP) is 8.74. The minimum Gasteiger partial charge on any atom is -0.460 e. The first kappa shape index (κ1) is 25.9. The summed E-state index contributed by atoms with van der Waals surface area (Å²) in [5.41, 5.74) is 2.34. The van der Waals surface area contributed by atoms with Gasteiger partial charge in [0.2, 0.25) is 4.84 Å². The van der Waals surface area contributed by atoms with Gasteiger partial charge in [-0.25, -0.2) is 4.79 Å². The molecule has 4 rings (SSSR count). The number of hydrogen-bond acceptors (Lipinski definition) is 2. The van der Waals surface area contributed by atoms with Crippen molar-refractivity contribution in [2.75, 3.05) is 0 Å². The Morgan fingerprint density at radius 3 is 2.52 bits per heavy atom. The van der Waals surface area contributed by atoms with Crippen LogP contribution in [-0.2, 0) is 9.53 Å². The normalized spacial score (nSPS) is 41.2. The van der Waals surface area contributed by atoms with E-state index < -0.39 is 10.8 Å². The van der Waals surface area contributed by atoms with E-state index in [4.69, 9.17) is 27.9 Å². The number of carbonyl (C=O) groups is 1. The van der Waals surface area contributed by atoms with Crippen LogP contribution >= 0.6 is 23.2 Å². The minimum atomic E-state index is -1.08. The molecular weight excluding hydrogens is 451 g/mol. The third-order valence-corrected chi connectivity index (χ3v) is 11.1. The van der Waals surface area contributed by atoms with Crippen LogP contribution in [0.2, 0.25) is 0 Å². The van der Waals surface area contributed by atoms with Crippen molar-refractivity contribution in [3.05, 3.63) is 11.6 Å². The number of esters is 1. The second-order valence-corrected chi connectivity index (χ2v) is 14.0. The second-order valence-electron chi connectivity index (χ2n) is 12.9. The van der Waals surface area contributed by atoms with Gasteiger partial charge in [-0.1, -0.05) is 88.7 Å². The third-order valence-electron chi connectivity index (χ3n) is 10.7. The van der Waals surface area contributed by atoms with Crippen molar-refractivity contribution in [2.45, 2.75) is 116 Å². The van der Waals surface area contributed by atoms with Gasteiger partial charge < -0.3 is 4.74 Å². The molecule has 0 N–H and O–H groups in total. The Morgan fingerprint density at radius 1 is 1.06 bits per heavy atom. The number of rotatable bonds is 7. The molecule has 188 valence electrons. The van der Waals surface area contributed by atoms with E-state index in [2.05, 4.69) is 40.7 Å². The largest absolute Gasteiger partial charge is 0.460 e. The maximum atomic E-state index is 11.9. The molecule has 0 aromatic heterocycles. The Balaban J connectivity index is 1.45. The Labute approximate surface area is 212 Å². The summed E-state index contributed by atoms with van der Waals surface area (Å²) in [6, 6.07) is 0. The molecule has 8 atom stereocenters. The van der Waals surface area contributed by atoms with Crippen molar-refractivity contribution < 1.29 is 9.53 Å². The maximum Gasteiger partial charge on any atom is 0.339 e. The van der Waals surface area contributed by atoms with Gasteiger partial charge in [0, 0.05) is 6.42 Å². The SMILES string of the molecule is CC(C)CCC[C@H](C)[C@H]1CC[C@H]2[C@@H]3CC=C4C[C@H](OC(=O)C(Cl)Cl)CC[C@]4(C)[C@H]3CC[C@]12C. The molecule has 0 unspecified atom stereocenters. The van der Waals surface area contributed by atoms with E-state index in [0.717, 1.165) is 54.8 Å². The van der Waals surface area contributed by atoms with Gasteiger partial charge in [-0.2, -0.15) is 0 Å². The first-order chi connectivity index (χ1) is 15.6. The van der Waals surface area contributed by atoms with Crippen LogP contribution in [0, 0.1) is 46.3 Å². The van der Waals surface area contributed by atoms with Gasteiger partial charge in [-0.15, -0.1) is 0 Å². The fraction of sp³-hybridized carbons (Fsp3) is 0.897. The van der Waals surface area contributed by atoms with Crippen LogP contribution in [0.25, 0.3) is 0 Å². The molecule has 0 aromatic rings. The first-order valence-corrected chi connectivity index (χ1v) is 14.6. The van der Waals surface area contributed by atoms with Gasteiger partial charge in [0.05, 0.1) is 0 Å². The zero-order valence-corrected chi connectivity index (χ0v) is 23.1. The van der Waals surface area contributed by atoms with E-state index in [9.17, 15) is 4.79 Å². The average molecular weight is 498 g/mol. The lowest BCUT2D eigenvalue weighted by Crippen LogP contribution is -2.51. The predicted molar refractivity (Wildman–Crippen MR) is 138 cm³/mol. The number of hydrogen-bond donors (Lipinski definition) is 0. The first-order valence-electron chi connectivity index (χ1n) is 13.7. The Hall–Kier alpha value is -0.210. The summed E-state index contributed by atoms with van der Waals surface area (Å²) in [7, 11) is 0. The van der Waals surface area contributed by atoms with E-state index in [-0.39, 0.29) is 11.5 Å². The lowest BCUT2D eigenvalue weighted by Gasteiger charge is -2.58. The molecular formula is C29H46Cl2O2. The van der Waals surface area contributed by atoms with Crippen LogP contribution in [0.5, 0.6) is 0 Å². The molecule has 0 heterocycles. The number of ether oxygens (including phenoxy) is 1. The van der Waals surface area contributed by atoms with E-state index in [1.54, 1.807) is 0 Å². The molecule has 2 nitrogen and oxygen atoms in total. The number of carbonyl (C=O) groups excluding carboxylic acids is 1. The molecule has 0 amide bonds. The van der Waals surface area contributed by atoms with Crippen LogP contribution < -0.4 is 0 Å². The molecule has 33 heavy (non-hydrogen) atoms. The van der Waals surface area contributed by atoms with E-state index in [0.29, 0.717) is 5.41 Å². The fourth-order valence-electron chi connectivity index (χ4n) is 8.97. The van der Waals surface area contributed by atoms with Crippen molar-refractivity contribution >= 4 is 29.2 Å². The Bertz CT molecular complexity index is 746. The standard InChI is InChI=1S/C29H46Cl2O2/c1-18(2)7-6-8-19(3)23-11-12-24-22-10-9-20-17-21(33-27(32)26(30)31)13-15-28(20,4)25(22)14-16-29(23,24)5/h9,18-19,21-26H,6-8,10-17H2,1-5H3/t19-,21+,22-,23+,24-,25-,28-,29+/m0/s1. The third kappa shape index (κ3) is 4.91. The summed E-state index contributed by atoms with van der Waals surface area (Å²) < 4.78 is 5.61. The number of allylic oxidation sites excluding steroid dienone is 1. The molecule has 0 bridgehead atoms. The van der Waals surface area contributed by atoms with E-state index >= 15 is 0 Å².